The van der Waals surface area contributed by atoms with Crippen molar-refractivity contribution in [3.8, 4) is 11.5 Å². The molecular formula is C24H25N7O. The minimum Gasteiger partial charge on any atom is -0.352 e. The first-order valence-electron chi connectivity index (χ1n) is 10.7. The molecule has 1 aliphatic heterocycles. The molecule has 1 amide bonds. The van der Waals surface area contributed by atoms with Gasteiger partial charge in [-0.05, 0) is 68.4 Å². The van der Waals surface area contributed by atoms with Gasteiger partial charge < -0.3 is 14.4 Å². The topological polar surface area (TPSA) is 72.1 Å². The Labute approximate surface area is 186 Å². The quantitative estimate of drug-likeness (QED) is 0.501. The minimum atomic E-state index is 0.0645. The predicted octanol–water partition coefficient (Wildman–Crippen LogP) is 3.03. The third kappa shape index (κ3) is 3.87. The van der Waals surface area contributed by atoms with E-state index < -0.39 is 0 Å². The van der Waals surface area contributed by atoms with Crippen LogP contribution in [0.25, 0.3) is 11.5 Å². The first kappa shape index (κ1) is 20.0. The van der Waals surface area contributed by atoms with Crippen LogP contribution in [0.15, 0.2) is 67.0 Å². The molecule has 32 heavy (non-hydrogen) atoms. The molecule has 162 valence electrons. The summed E-state index contributed by atoms with van der Waals surface area (Å²) in [6.45, 7) is 6.71. The lowest BCUT2D eigenvalue weighted by Crippen LogP contribution is -2.49. The Morgan fingerprint density at radius 1 is 0.844 bits per heavy atom. The normalized spacial score (nSPS) is 14.1. The molecule has 3 aromatic heterocycles. The third-order valence-electron chi connectivity index (χ3n) is 5.77. The molecular weight excluding hydrogens is 402 g/mol. The van der Waals surface area contributed by atoms with Crippen molar-refractivity contribution in [3.05, 3.63) is 83.9 Å². The van der Waals surface area contributed by atoms with Crippen molar-refractivity contribution in [2.45, 2.75) is 13.8 Å². The smallest absolute Gasteiger partial charge is 0.253 e. The average Bonchev–Trinajstić information content (AvgIpc) is 3.49. The van der Waals surface area contributed by atoms with Crippen LogP contribution in [0, 0.1) is 13.8 Å². The summed E-state index contributed by atoms with van der Waals surface area (Å²) in [6, 6.07) is 17.6. The fourth-order valence-electron chi connectivity index (χ4n) is 4.06. The highest BCUT2D eigenvalue weighted by molar-refractivity contribution is 5.94. The van der Waals surface area contributed by atoms with Gasteiger partial charge in [-0.3, -0.25) is 4.79 Å². The van der Waals surface area contributed by atoms with Crippen LogP contribution in [0.5, 0.6) is 0 Å². The van der Waals surface area contributed by atoms with Crippen LogP contribution in [0.2, 0.25) is 0 Å². The van der Waals surface area contributed by atoms with Gasteiger partial charge in [-0.15, -0.1) is 10.2 Å². The minimum absolute atomic E-state index is 0.0645. The molecule has 0 saturated carbocycles. The number of rotatable bonds is 4. The first-order chi connectivity index (χ1) is 15.6. The average molecular weight is 428 g/mol. The molecule has 0 bridgehead atoms. The highest BCUT2D eigenvalue weighted by Gasteiger charge is 2.23. The highest BCUT2D eigenvalue weighted by Crippen LogP contribution is 2.17. The monoisotopic (exact) mass is 427 g/mol. The maximum Gasteiger partial charge on any atom is 0.253 e. The molecule has 8 nitrogen and oxygen atoms in total. The molecule has 1 aromatic carbocycles. The van der Waals surface area contributed by atoms with Crippen molar-refractivity contribution in [3.63, 3.8) is 0 Å². The van der Waals surface area contributed by atoms with Crippen LogP contribution in [0.3, 0.4) is 0 Å². The molecule has 4 aromatic rings. The molecule has 0 radical (unpaired) electrons. The van der Waals surface area contributed by atoms with E-state index in [9.17, 15) is 4.79 Å². The van der Waals surface area contributed by atoms with E-state index in [0.29, 0.717) is 24.5 Å². The van der Waals surface area contributed by atoms with Crippen LogP contribution in [0.4, 0.5) is 5.82 Å². The lowest BCUT2D eigenvalue weighted by atomic mass is 10.1. The zero-order valence-corrected chi connectivity index (χ0v) is 18.2. The molecule has 8 heteroatoms. The zero-order chi connectivity index (χ0) is 22.1. The number of amides is 1. The summed E-state index contributed by atoms with van der Waals surface area (Å²) in [5.74, 6) is 1.59. The number of benzene rings is 1. The van der Waals surface area contributed by atoms with Crippen molar-refractivity contribution < 1.29 is 4.79 Å². The number of hydrogen-bond donors (Lipinski definition) is 0. The largest absolute Gasteiger partial charge is 0.352 e. The molecule has 1 aliphatic rings. The van der Waals surface area contributed by atoms with Crippen LogP contribution < -0.4 is 4.90 Å². The van der Waals surface area contributed by atoms with Crippen LogP contribution in [0.1, 0.15) is 21.7 Å². The summed E-state index contributed by atoms with van der Waals surface area (Å²) in [5, 5.41) is 13.2. The van der Waals surface area contributed by atoms with Crippen LogP contribution >= 0.6 is 0 Å². The molecule has 5 rings (SSSR count). The summed E-state index contributed by atoms with van der Waals surface area (Å²) in [6.07, 6.45) is 3.98. The number of aryl methyl sites for hydroxylation is 2. The lowest BCUT2D eigenvalue weighted by Gasteiger charge is -2.35. The first-order valence-corrected chi connectivity index (χ1v) is 10.7. The van der Waals surface area contributed by atoms with Crippen LogP contribution in [-0.2, 0) is 0 Å². The Hall–Kier alpha value is -3.94. The Kier molecular flexibility index (Phi) is 5.18. The molecule has 0 spiro atoms. The predicted molar refractivity (Wildman–Crippen MR) is 123 cm³/mol. The lowest BCUT2D eigenvalue weighted by molar-refractivity contribution is 0.0746. The molecule has 0 aliphatic carbocycles. The van der Waals surface area contributed by atoms with Gasteiger partial charge in [0.15, 0.2) is 11.6 Å². The van der Waals surface area contributed by atoms with Gasteiger partial charge in [0.05, 0.1) is 5.69 Å². The number of carbonyl (C=O) groups excluding carboxylic acids is 1. The zero-order valence-electron chi connectivity index (χ0n) is 18.2. The van der Waals surface area contributed by atoms with E-state index in [-0.39, 0.29) is 5.91 Å². The van der Waals surface area contributed by atoms with E-state index in [2.05, 4.69) is 20.2 Å². The van der Waals surface area contributed by atoms with Crippen LogP contribution in [-0.4, -0.2) is 61.5 Å². The van der Waals surface area contributed by atoms with Crippen molar-refractivity contribution in [1.29, 1.82) is 0 Å². The second-order valence-electron chi connectivity index (χ2n) is 8.01. The molecule has 0 unspecified atom stereocenters. The molecule has 0 atom stereocenters. The van der Waals surface area contributed by atoms with E-state index in [1.165, 1.54) is 0 Å². The summed E-state index contributed by atoms with van der Waals surface area (Å²) < 4.78 is 3.82. The maximum absolute atomic E-state index is 12.9. The third-order valence-corrected chi connectivity index (χ3v) is 5.77. The molecule has 0 N–H and O–H groups in total. The van der Waals surface area contributed by atoms with Gasteiger partial charge in [0.2, 0.25) is 0 Å². The van der Waals surface area contributed by atoms with Crippen molar-refractivity contribution >= 4 is 11.7 Å². The highest BCUT2D eigenvalue weighted by atomic mass is 16.2. The molecule has 1 fully saturated rings. The number of hydrogen-bond acceptors (Lipinski definition) is 5. The number of anilines is 1. The van der Waals surface area contributed by atoms with E-state index in [1.54, 1.807) is 4.68 Å². The molecule has 1 saturated heterocycles. The van der Waals surface area contributed by atoms with Gasteiger partial charge in [0, 0.05) is 55.5 Å². The summed E-state index contributed by atoms with van der Waals surface area (Å²) >= 11 is 0. The van der Waals surface area contributed by atoms with Gasteiger partial charge in [-0.2, -0.15) is 5.10 Å². The Bertz CT molecular complexity index is 1200. The second-order valence-corrected chi connectivity index (χ2v) is 8.01. The Balaban J connectivity index is 1.21. The fourth-order valence-corrected chi connectivity index (χ4v) is 4.06. The van der Waals surface area contributed by atoms with Gasteiger partial charge in [-0.1, -0.05) is 0 Å². The number of carbonyl (C=O) groups is 1. The van der Waals surface area contributed by atoms with E-state index in [0.717, 1.165) is 36.0 Å². The summed E-state index contributed by atoms with van der Waals surface area (Å²) in [4.78, 5) is 17.0. The van der Waals surface area contributed by atoms with E-state index >= 15 is 0 Å². The Morgan fingerprint density at radius 3 is 2.09 bits per heavy atom. The van der Waals surface area contributed by atoms with Gasteiger partial charge >= 0.3 is 0 Å². The number of aromatic nitrogens is 5. The van der Waals surface area contributed by atoms with Gasteiger partial charge in [0.25, 0.3) is 5.91 Å². The maximum atomic E-state index is 12.9. The van der Waals surface area contributed by atoms with E-state index in [4.69, 9.17) is 0 Å². The summed E-state index contributed by atoms with van der Waals surface area (Å²) in [7, 11) is 0. The number of piperazine rings is 1. The van der Waals surface area contributed by atoms with Crippen molar-refractivity contribution in [1.82, 2.24) is 29.4 Å². The fraction of sp³-hybridized carbons (Fsp3) is 0.250. The van der Waals surface area contributed by atoms with E-state index in [1.807, 2.05) is 90.3 Å². The molecule has 4 heterocycles. The van der Waals surface area contributed by atoms with Crippen molar-refractivity contribution in [2.24, 2.45) is 0 Å². The SMILES string of the molecule is Cc1cc(C)n(-c2ccc(N3CCN(C(=O)c4ccc(-n5cccc5)cc4)CC3)nn2)n1. The second kappa shape index (κ2) is 8.30. The standard InChI is InChI=1S/C24H25N7O/c1-18-17-19(2)31(27-18)23-10-9-22(25-26-23)29-13-15-30(16-14-29)24(32)20-5-7-21(8-6-20)28-11-3-4-12-28/h3-12,17H,13-16H2,1-2H3. The van der Waals surface area contributed by atoms with Crippen molar-refractivity contribution in [2.75, 3.05) is 31.1 Å². The van der Waals surface area contributed by atoms with Gasteiger partial charge in [-0.25, -0.2) is 4.68 Å². The van der Waals surface area contributed by atoms with Gasteiger partial charge in [0.1, 0.15) is 0 Å². The number of nitrogens with zero attached hydrogens (tertiary/aromatic N) is 7. The summed E-state index contributed by atoms with van der Waals surface area (Å²) in [5.41, 5.74) is 3.73. The Morgan fingerprint density at radius 2 is 1.50 bits per heavy atom.